The summed E-state index contributed by atoms with van der Waals surface area (Å²) in [5, 5.41) is 0. The fourth-order valence-corrected chi connectivity index (χ4v) is 1.55. The minimum Gasteiger partial charge on any atom is -0.326 e. The lowest BCUT2D eigenvalue weighted by Crippen LogP contribution is -2.28. The van der Waals surface area contributed by atoms with Gasteiger partial charge in [-0.1, -0.05) is 6.07 Å². The molecule has 0 unspecified atom stereocenters. The van der Waals surface area contributed by atoms with Gasteiger partial charge in [0.1, 0.15) is 11.5 Å². The highest BCUT2D eigenvalue weighted by Crippen LogP contribution is 2.11. The smallest absolute Gasteiger partial charge is 0.277 e. The third-order valence-electron chi connectivity index (χ3n) is 2.58. The minimum atomic E-state index is -0.205. The lowest BCUT2D eigenvalue weighted by Gasteiger charge is -2.15. The molecule has 0 atom stereocenters. The van der Waals surface area contributed by atoms with Gasteiger partial charge in [0, 0.05) is 26.0 Å². The minimum absolute atomic E-state index is 0.205. The van der Waals surface area contributed by atoms with Gasteiger partial charge < -0.3 is 5.73 Å². The number of nitrogens with two attached hydrogens (primary N) is 1. The molecule has 18 heavy (non-hydrogen) atoms. The van der Waals surface area contributed by atoms with Crippen LogP contribution in [-0.2, 0) is 6.54 Å². The van der Waals surface area contributed by atoms with Crippen molar-refractivity contribution in [3.05, 3.63) is 54.0 Å². The molecule has 0 aliphatic carbocycles. The maximum Gasteiger partial charge on any atom is 0.277 e. The molecule has 0 bridgehead atoms. The number of rotatable bonds is 3. The van der Waals surface area contributed by atoms with Crippen LogP contribution in [0.4, 0.5) is 5.82 Å². The Morgan fingerprint density at radius 1 is 1.28 bits per heavy atom. The Hall–Kier alpha value is -2.27. The molecule has 2 heterocycles. The number of anilines is 1. The van der Waals surface area contributed by atoms with Gasteiger partial charge in [0.15, 0.2) is 0 Å². The average Bonchev–Trinajstić information content (AvgIpc) is 2.46. The second-order valence-corrected chi connectivity index (χ2v) is 3.81. The summed E-state index contributed by atoms with van der Waals surface area (Å²) in [6, 6.07) is 8.88. The molecule has 0 spiro atoms. The Morgan fingerprint density at radius 3 is 2.78 bits per heavy atom. The van der Waals surface area contributed by atoms with Crippen molar-refractivity contribution in [2.24, 2.45) is 5.73 Å². The quantitative estimate of drug-likeness (QED) is 0.878. The van der Waals surface area contributed by atoms with E-state index in [-0.39, 0.29) is 5.91 Å². The van der Waals surface area contributed by atoms with Crippen molar-refractivity contribution in [3.8, 4) is 0 Å². The van der Waals surface area contributed by atoms with Crippen LogP contribution in [0.5, 0.6) is 0 Å². The summed E-state index contributed by atoms with van der Waals surface area (Å²) in [7, 11) is 1.67. The first-order valence-electron chi connectivity index (χ1n) is 5.56. The fraction of sp³-hybridized carbons (Fsp3) is 0.154. The van der Waals surface area contributed by atoms with Gasteiger partial charge in [-0.2, -0.15) is 0 Å². The van der Waals surface area contributed by atoms with E-state index in [1.165, 1.54) is 4.90 Å². The first kappa shape index (κ1) is 12.2. The van der Waals surface area contributed by atoms with Crippen molar-refractivity contribution < 1.29 is 4.79 Å². The van der Waals surface area contributed by atoms with Crippen molar-refractivity contribution in [2.45, 2.75) is 6.54 Å². The molecule has 0 aromatic carbocycles. The van der Waals surface area contributed by atoms with E-state index < -0.39 is 0 Å². The van der Waals surface area contributed by atoms with Crippen LogP contribution in [0.3, 0.4) is 0 Å². The third kappa shape index (κ3) is 2.52. The Morgan fingerprint density at radius 2 is 2.11 bits per heavy atom. The first-order valence-corrected chi connectivity index (χ1v) is 5.56. The van der Waals surface area contributed by atoms with Gasteiger partial charge in [-0.05, 0) is 29.8 Å². The van der Waals surface area contributed by atoms with E-state index in [0.717, 1.165) is 5.56 Å². The van der Waals surface area contributed by atoms with Gasteiger partial charge >= 0.3 is 0 Å². The summed E-state index contributed by atoms with van der Waals surface area (Å²) in [4.78, 5) is 21.8. The van der Waals surface area contributed by atoms with E-state index in [0.29, 0.717) is 18.1 Å². The molecule has 0 radical (unpaired) electrons. The highest BCUT2D eigenvalue weighted by Gasteiger charge is 2.15. The highest BCUT2D eigenvalue weighted by atomic mass is 16.2. The Bertz CT molecular complexity index is 542. The summed E-state index contributed by atoms with van der Waals surface area (Å²) in [5.74, 6) is 0.381. The van der Waals surface area contributed by atoms with Crippen molar-refractivity contribution in [2.75, 3.05) is 11.9 Å². The molecule has 0 saturated heterocycles. The average molecular weight is 242 g/mol. The van der Waals surface area contributed by atoms with Crippen LogP contribution >= 0.6 is 0 Å². The largest absolute Gasteiger partial charge is 0.326 e. The van der Waals surface area contributed by atoms with E-state index in [9.17, 15) is 4.79 Å². The predicted molar refractivity (Wildman–Crippen MR) is 69.1 cm³/mol. The number of aromatic nitrogens is 2. The zero-order valence-corrected chi connectivity index (χ0v) is 10.1. The molecule has 0 aliphatic heterocycles. The van der Waals surface area contributed by atoms with Gasteiger partial charge in [0.25, 0.3) is 5.91 Å². The summed E-state index contributed by atoms with van der Waals surface area (Å²) in [6.07, 6.45) is 3.23. The summed E-state index contributed by atoms with van der Waals surface area (Å²) >= 11 is 0. The van der Waals surface area contributed by atoms with Crippen LogP contribution < -0.4 is 10.6 Å². The van der Waals surface area contributed by atoms with Gasteiger partial charge in [0.2, 0.25) is 0 Å². The topological polar surface area (TPSA) is 72.1 Å². The van der Waals surface area contributed by atoms with Crippen LogP contribution in [0, 0.1) is 0 Å². The van der Waals surface area contributed by atoms with Crippen molar-refractivity contribution >= 4 is 11.7 Å². The Labute approximate surface area is 105 Å². The Kier molecular flexibility index (Phi) is 3.64. The summed E-state index contributed by atoms with van der Waals surface area (Å²) in [5.41, 5.74) is 6.79. The maximum absolute atomic E-state index is 12.2. The molecule has 0 saturated carbocycles. The molecule has 2 aromatic heterocycles. The molecule has 2 N–H and O–H groups in total. The molecule has 2 aromatic rings. The third-order valence-corrected chi connectivity index (χ3v) is 2.58. The molecule has 0 aliphatic rings. The lowest BCUT2D eigenvalue weighted by atomic mass is 10.2. The lowest BCUT2D eigenvalue weighted by molar-refractivity contribution is 0.0987. The van der Waals surface area contributed by atoms with Crippen LogP contribution in [0.15, 0.2) is 42.7 Å². The molecule has 5 heteroatoms. The second-order valence-electron chi connectivity index (χ2n) is 3.81. The zero-order chi connectivity index (χ0) is 13.0. The van der Waals surface area contributed by atoms with Crippen molar-refractivity contribution in [1.82, 2.24) is 9.97 Å². The van der Waals surface area contributed by atoms with Crippen LogP contribution in [0.1, 0.15) is 16.1 Å². The summed E-state index contributed by atoms with van der Waals surface area (Å²) in [6.45, 7) is 0.385. The van der Waals surface area contributed by atoms with E-state index in [2.05, 4.69) is 9.97 Å². The zero-order valence-electron chi connectivity index (χ0n) is 10.1. The number of hydrogen-bond acceptors (Lipinski definition) is 4. The van der Waals surface area contributed by atoms with E-state index in [1.54, 1.807) is 43.7 Å². The molecule has 5 nitrogen and oxygen atoms in total. The van der Waals surface area contributed by atoms with Crippen molar-refractivity contribution in [3.63, 3.8) is 0 Å². The Balaban J connectivity index is 2.25. The van der Waals surface area contributed by atoms with Crippen LogP contribution in [0.2, 0.25) is 0 Å². The van der Waals surface area contributed by atoms with E-state index in [4.69, 9.17) is 5.73 Å². The molecule has 0 fully saturated rings. The number of nitrogens with zero attached hydrogens (tertiary/aromatic N) is 3. The van der Waals surface area contributed by atoms with Crippen LogP contribution in [-0.4, -0.2) is 22.9 Å². The summed E-state index contributed by atoms with van der Waals surface area (Å²) < 4.78 is 0. The molecule has 92 valence electrons. The van der Waals surface area contributed by atoms with Crippen molar-refractivity contribution in [1.29, 1.82) is 0 Å². The van der Waals surface area contributed by atoms with Gasteiger partial charge in [-0.15, -0.1) is 0 Å². The number of amides is 1. The molecule has 2 rings (SSSR count). The highest BCUT2D eigenvalue weighted by molar-refractivity contribution is 6.03. The normalized spacial score (nSPS) is 10.1. The number of carbonyl (C=O) groups is 1. The van der Waals surface area contributed by atoms with Crippen LogP contribution in [0.25, 0.3) is 0 Å². The van der Waals surface area contributed by atoms with Gasteiger partial charge in [0.05, 0.1) is 0 Å². The number of hydrogen-bond donors (Lipinski definition) is 1. The molecular formula is C13H14N4O. The maximum atomic E-state index is 12.2. The van der Waals surface area contributed by atoms with E-state index in [1.807, 2.05) is 6.07 Å². The standard InChI is InChI=1S/C13H14N4O/c1-17(12-4-2-3-6-16-12)13(18)11-8-10(9-14)5-7-15-11/h2-8H,9,14H2,1H3. The molecule has 1 amide bonds. The predicted octanol–water partition coefficient (Wildman–Crippen LogP) is 1.21. The monoisotopic (exact) mass is 242 g/mol. The van der Waals surface area contributed by atoms with Gasteiger partial charge in [-0.25, -0.2) is 4.98 Å². The van der Waals surface area contributed by atoms with E-state index >= 15 is 0 Å². The molecular weight excluding hydrogens is 228 g/mol. The fourth-order valence-electron chi connectivity index (χ4n) is 1.55. The van der Waals surface area contributed by atoms with Gasteiger partial charge in [-0.3, -0.25) is 14.7 Å². The SMILES string of the molecule is CN(C(=O)c1cc(CN)ccn1)c1ccccn1. The number of pyridine rings is 2. The number of carbonyl (C=O) groups excluding carboxylic acids is 1. The second kappa shape index (κ2) is 5.37. The first-order chi connectivity index (χ1) is 8.72.